The summed E-state index contributed by atoms with van der Waals surface area (Å²) < 4.78 is 57.9. The van der Waals surface area contributed by atoms with Gasteiger partial charge in [-0.15, -0.1) is 0 Å². The number of halogens is 3. The van der Waals surface area contributed by atoms with Gasteiger partial charge in [-0.3, -0.25) is 0 Å². The summed E-state index contributed by atoms with van der Waals surface area (Å²) in [5, 5.41) is 3.26. The molecule has 1 aliphatic carbocycles. The summed E-state index contributed by atoms with van der Waals surface area (Å²) in [7, 11) is -0.500. The SMILES string of the molecule is COc1cccc2c1CC1(CCNCC1)[C@@H]2N(OC(=O)C(F)(F)F)S(=O)C(C)(C)C. The third-order valence-electron chi connectivity index (χ3n) is 5.69. The van der Waals surface area contributed by atoms with E-state index in [-0.39, 0.29) is 0 Å². The van der Waals surface area contributed by atoms with Crippen LogP contribution in [0.3, 0.4) is 0 Å². The van der Waals surface area contributed by atoms with Crippen molar-refractivity contribution in [2.75, 3.05) is 20.2 Å². The molecule has 3 rings (SSSR count). The van der Waals surface area contributed by atoms with E-state index < -0.39 is 39.3 Å². The quantitative estimate of drug-likeness (QED) is 0.715. The largest absolute Gasteiger partial charge is 0.496 e. The van der Waals surface area contributed by atoms with Crippen LogP contribution in [0.1, 0.15) is 50.8 Å². The summed E-state index contributed by atoms with van der Waals surface area (Å²) >= 11 is 0. The fraction of sp³-hybridized carbons (Fsp3) is 0.650. The van der Waals surface area contributed by atoms with Gasteiger partial charge in [-0.1, -0.05) is 12.1 Å². The van der Waals surface area contributed by atoms with E-state index in [0.717, 1.165) is 10.0 Å². The molecule has 10 heteroatoms. The van der Waals surface area contributed by atoms with E-state index in [9.17, 15) is 22.2 Å². The molecule has 168 valence electrons. The first-order valence-corrected chi connectivity index (χ1v) is 10.9. The topological polar surface area (TPSA) is 67.9 Å². The number of hydrogen-bond donors (Lipinski definition) is 1. The number of ether oxygens (including phenoxy) is 1. The average Bonchev–Trinajstić information content (AvgIpc) is 2.97. The standard InChI is InChI=1S/C20H27F3N2O4S/c1-18(2,3)30(27)25(29-17(26)20(21,22)23)16-13-6-5-7-15(28-4)14(13)12-19(16)8-10-24-11-9-19/h5-7,16,24H,8-12H2,1-4H3/t16-,30?/m1/s1. The molecule has 0 aromatic heterocycles. The Bertz CT molecular complexity index is 832. The van der Waals surface area contributed by atoms with Crippen LogP contribution in [0.25, 0.3) is 0 Å². The van der Waals surface area contributed by atoms with Gasteiger partial charge in [0.05, 0.1) is 17.9 Å². The van der Waals surface area contributed by atoms with E-state index in [1.165, 1.54) is 7.11 Å². The molecule has 6 nitrogen and oxygen atoms in total. The summed E-state index contributed by atoms with van der Waals surface area (Å²) in [6, 6.07) is 4.54. The van der Waals surface area contributed by atoms with Gasteiger partial charge < -0.3 is 14.9 Å². The van der Waals surface area contributed by atoms with Crippen molar-refractivity contribution in [1.29, 1.82) is 0 Å². The highest BCUT2D eigenvalue weighted by molar-refractivity contribution is 7.83. The smallest absolute Gasteiger partial charge is 0.492 e. The summed E-state index contributed by atoms with van der Waals surface area (Å²) in [5.74, 6) is -1.75. The van der Waals surface area contributed by atoms with Crippen LogP contribution >= 0.6 is 0 Å². The zero-order valence-corrected chi connectivity index (χ0v) is 18.3. The molecule has 1 N–H and O–H groups in total. The number of benzene rings is 1. The lowest BCUT2D eigenvalue weighted by Gasteiger charge is -2.44. The van der Waals surface area contributed by atoms with E-state index in [1.54, 1.807) is 39.0 Å². The van der Waals surface area contributed by atoms with Crippen molar-refractivity contribution in [3.05, 3.63) is 29.3 Å². The molecule has 1 unspecified atom stereocenters. The van der Waals surface area contributed by atoms with Crippen LogP contribution in [0, 0.1) is 5.41 Å². The van der Waals surface area contributed by atoms with Crippen LogP contribution in [0.2, 0.25) is 0 Å². The normalized spacial score (nSPS) is 22.1. The van der Waals surface area contributed by atoms with E-state index in [4.69, 9.17) is 9.57 Å². The van der Waals surface area contributed by atoms with Crippen LogP contribution < -0.4 is 10.1 Å². The van der Waals surface area contributed by atoms with Crippen molar-refractivity contribution in [2.24, 2.45) is 5.41 Å². The highest BCUT2D eigenvalue weighted by Crippen LogP contribution is 2.56. The van der Waals surface area contributed by atoms with Crippen LogP contribution in [-0.4, -0.2) is 45.8 Å². The Morgan fingerprint density at radius 2 is 1.87 bits per heavy atom. The Hall–Kier alpha value is -1.65. The predicted octanol–water partition coefficient (Wildman–Crippen LogP) is 3.45. The van der Waals surface area contributed by atoms with Crippen molar-refractivity contribution in [3.63, 3.8) is 0 Å². The minimum atomic E-state index is -5.20. The van der Waals surface area contributed by atoms with Crippen molar-refractivity contribution < 1.29 is 31.7 Å². The summed E-state index contributed by atoms with van der Waals surface area (Å²) in [6.45, 7) is 6.22. The van der Waals surface area contributed by atoms with E-state index in [1.807, 2.05) is 0 Å². The maximum Gasteiger partial charge on any atom is 0.492 e. The molecule has 2 atom stereocenters. The molecular weight excluding hydrogens is 421 g/mol. The van der Waals surface area contributed by atoms with Crippen molar-refractivity contribution in [1.82, 2.24) is 9.79 Å². The van der Waals surface area contributed by atoms with E-state index in [0.29, 0.717) is 43.7 Å². The van der Waals surface area contributed by atoms with Gasteiger partial charge in [0.1, 0.15) is 16.7 Å². The van der Waals surface area contributed by atoms with Gasteiger partial charge in [0, 0.05) is 5.41 Å². The summed E-state index contributed by atoms with van der Waals surface area (Å²) in [5.41, 5.74) is 1.00. The zero-order valence-electron chi connectivity index (χ0n) is 17.5. The number of rotatable bonds is 4. The molecule has 30 heavy (non-hydrogen) atoms. The van der Waals surface area contributed by atoms with Gasteiger partial charge >= 0.3 is 12.1 Å². The Morgan fingerprint density at radius 3 is 2.40 bits per heavy atom. The first kappa shape index (κ1) is 23.0. The minimum Gasteiger partial charge on any atom is -0.496 e. The lowest BCUT2D eigenvalue weighted by molar-refractivity contribution is -0.231. The fourth-order valence-corrected chi connectivity index (χ4v) is 5.50. The van der Waals surface area contributed by atoms with Crippen LogP contribution in [0.4, 0.5) is 13.2 Å². The number of carbonyl (C=O) groups is 1. The third-order valence-corrected chi connectivity index (χ3v) is 7.35. The molecule has 2 aliphatic rings. The lowest BCUT2D eigenvalue weighted by Crippen LogP contribution is -2.50. The molecule has 0 saturated carbocycles. The summed E-state index contributed by atoms with van der Waals surface area (Å²) in [4.78, 5) is 16.7. The van der Waals surface area contributed by atoms with Crippen LogP contribution in [-0.2, 0) is 27.0 Å². The second kappa shape index (κ2) is 8.12. The maximum absolute atomic E-state index is 13.4. The Labute approximate surface area is 176 Å². The van der Waals surface area contributed by atoms with Gasteiger partial charge in [0.15, 0.2) is 0 Å². The van der Waals surface area contributed by atoms with E-state index >= 15 is 0 Å². The number of fused-ring (bicyclic) bond motifs is 1. The van der Waals surface area contributed by atoms with Crippen molar-refractivity contribution in [3.8, 4) is 5.75 Å². The maximum atomic E-state index is 13.4. The minimum absolute atomic E-state index is 0.533. The molecule has 1 aromatic rings. The molecule has 0 radical (unpaired) electrons. The van der Waals surface area contributed by atoms with Gasteiger partial charge in [0.2, 0.25) is 0 Å². The predicted molar refractivity (Wildman–Crippen MR) is 106 cm³/mol. The zero-order chi connectivity index (χ0) is 22.3. The number of alkyl halides is 3. The first-order chi connectivity index (χ1) is 13.9. The average molecular weight is 449 g/mol. The van der Waals surface area contributed by atoms with Gasteiger partial charge in [-0.2, -0.15) is 13.2 Å². The second-order valence-electron chi connectivity index (χ2n) is 8.74. The number of nitrogens with one attached hydrogen (secondary N) is 1. The Morgan fingerprint density at radius 1 is 1.23 bits per heavy atom. The highest BCUT2D eigenvalue weighted by Gasteiger charge is 2.55. The second-order valence-corrected chi connectivity index (χ2v) is 10.8. The number of nitrogens with zero attached hydrogens (tertiary/aromatic N) is 1. The summed E-state index contributed by atoms with van der Waals surface area (Å²) in [6.07, 6.45) is -3.38. The molecule has 1 fully saturated rings. The molecular formula is C20H27F3N2O4S. The van der Waals surface area contributed by atoms with Crippen molar-refractivity contribution in [2.45, 2.75) is 57.0 Å². The fourth-order valence-electron chi connectivity index (χ4n) is 4.30. The molecule has 0 bridgehead atoms. The van der Waals surface area contributed by atoms with Crippen LogP contribution in [0.5, 0.6) is 5.75 Å². The molecule has 1 aromatic carbocycles. The molecule has 1 saturated heterocycles. The Balaban J connectivity index is 2.15. The van der Waals surface area contributed by atoms with E-state index in [2.05, 4.69) is 5.32 Å². The van der Waals surface area contributed by atoms with Crippen LogP contribution in [0.15, 0.2) is 18.2 Å². The third kappa shape index (κ3) is 4.22. The number of hydrogen-bond acceptors (Lipinski definition) is 5. The molecule has 1 heterocycles. The lowest BCUT2D eigenvalue weighted by atomic mass is 9.73. The monoisotopic (exact) mass is 448 g/mol. The number of hydroxylamine groups is 1. The molecule has 0 amide bonds. The highest BCUT2D eigenvalue weighted by atomic mass is 32.2. The first-order valence-electron chi connectivity index (χ1n) is 9.77. The van der Waals surface area contributed by atoms with Gasteiger partial charge in [-0.25, -0.2) is 9.00 Å². The number of methoxy groups -OCH3 is 1. The molecule has 1 aliphatic heterocycles. The number of carbonyl (C=O) groups excluding carboxylic acids is 1. The van der Waals surface area contributed by atoms with Gasteiger partial charge in [-0.05, 0) is 74.8 Å². The Kier molecular flexibility index (Phi) is 6.23. The molecule has 1 spiro atoms. The number of piperidine rings is 1. The van der Waals surface area contributed by atoms with Crippen molar-refractivity contribution >= 4 is 17.0 Å². The van der Waals surface area contributed by atoms with Gasteiger partial charge in [0.25, 0.3) is 0 Å².